The highest BCUT2D eigenvalue weighted by atomic mass is 35.5. The first kappa shape index (κ1) is 23.5. The number of nitrogens with zero attached hydrogens (tertiary/aromatic N) is 2. The fraction of sp³-hybridized carbons (Fsp3) is 0.407. The molecule has 2 atom stereocenters. The van der Waals surface area contributed by atoms with Crippen molar-refractivity contribution >= 4 is 39.8 Å². The number of carbonyl (C=O) groups excluding carboxylic acids is 1. The lowest BCUT2D eigenvalue weighted by atomic mass is 9.92. The number of halogens is 1. The highest BCUT2D eigenvalue weighted by molar-refractivity contribution is 6.31. The fourth-order valence-corrected chi connectivity index (χ4v) is 5.04. The van der Waals surface area contributed by atoms with Crippen LogP contribution in [0, 0.1) is 18.8 Å². The molecule has 1 amide bonds. The van der Waals surface area contributed by atoms with E-state index < -0.39 is 0 Å². The van der Waals surface area contributed by atoms with Crippen LogP contribution in [-0.4, -0.2) is 42.0 Å². The summed E-state index contributed by atoms with van der Waals surface area (Å²) in [5, 5.41) is 8.92. The lowest BCUT2D eigenvalue weighted by molar-refractivity contribution is 0.0948. The number of fused-ring (bicyclic) bond motifs is 1. The maximum absolute atomic E-state index is 13.0. The molecule has 1 aromatic heterocycles. The number of carbonyl (C=O) groups is 1. The first-order valence-electron chi connectivity index (χ1n) is 11.8. The summed E-state index contributed by atoms with van der Waals surface area (Å²) < 4.78 is 0. The molecule has 0 spiro atoms. The first-order chi connectivity index (χ1) is 15.9. The number of likely N-dealkylation sites (tertiary alicyclic amines) is 1. The minimum absolute atomic E-state index is 0.0796. The van der Waals surface area contributed by atoms with Crippen LogP contribution in [0.1, 0.15) is 42.6 Å². The predicted molar refractivity (Wildman–Crippen MR) is 138 cm³/mol. The summed E-state index contributed by atoms with van der Waals surface area (Å²) in [7, 11) is 0. The van der Waals surface area contributed by atoms with E-state index in [4.69, 9.17) is 11.6 Å². The average Bonchev–Trinajstić information content (AvgIpc) is 2.78. The molecule has 1 fully saturated rings. The molecule has 0 saturated carbocycles. The van der Waals surface area contributed by atoms with Gasteiger partial charge in [0.2, 0.25) is 0 Å². The molecule has 0 radical (unpaired) electrons. The number of benzene rings is 2. The van der Waals surface area contributed by atoms with E-state index >= 15 is 0 Å². The quantitative estimate of drug-likeness (QED) is 0.418. The van der Waals surface area contributed by atoms with Gasteiger partial charge < -0.3 is 15.5 Å². The standard InChI is InChI=1S/C27H33ClN4O/c1-18-13-19(2)17-32(16-18)12-6-11-29-27(33)24-15-30-26(23-8-5-4-7-22(23)24)31-21-10-9-20(3)25(28)14-21/h4-5,7-10,14-15,18-19H,6,11-13,16-17H2,1-3H3,(H,29,33)(H,30,31). The summed E-state index contributed by atoms with van der Waals surface area (Å²) in [6, 6.07) is 13.7. The Kier molecular flexibility index (Phi) is 7.51. The van der Waals surface area contributed by atoms with Crippen LogP contribution in [0.25, 0.3) is 10.8 Å². The number of aryl methyl sites for hydroxylation is 1. The number of pyridine rings is 1. The van der Waals surface area contributed by atoms with Gasteiger partial charge in [-0.1, -0.05) is 55.8 Å². The number of anilines is 2. The number of amides is 1. The molecule has 33 heavy (non-hydrogen) atoms. The predicted octanol–water partition coefficient (Wildman–Crippen LogP) is 6.04. The summed E-state index contributed by atoms with van der Waals surface area (Å²) in [5.41, 5.74) is 2.48. The molecule has 3 aromatic rings. The SMILES string of the molecule is Cc1ccc(Nc2ncc(C(=O)NCCCN3CC(C)CC(C)C3)c3ccccc23)cc1Cl. The van der Waals surface area contributed by atoms with E-state index in [1.807, 2.05) is 49.4 Å². The van der Waals surface area contributed by atoms with Crippen molar-refractivity contribution < 1.29 is 4.79 Å². The molecule has 1 aliphatic rings. The number of nitrogens with one attached hydrogen (secondary N) is 2. The zero-order valence-corrected chi connectivity index (χ0v) is 20.5. The molecular weight excluding hydrogens is 432 g/mol. The molecule has 0 bridgehead atoms. The van der Waals surface area contributed by atoms with Crippen LogP contribution < -0.4 is 10.6 Å². The number of aromatic nitrogens is 1. The zero-order valence-electron chi connectivity index (χ0n) is 19.7. The normalized spacial score (nSPS) is 18.9. The molecule has 5 nitrogen and oxygen atoms in total. The van der Waals surface area contributed by atoms with Crippen molar-refractivity contribution in [1.82, 2.24) is 15.2 Å². The molecule has 2 unspecified atom stereocenters. The van der Waals surface area contributed by atoms with Crippen molar-refractivity contribution in [2.24, 2.45) is 11.8 Å². The highest BCUT2D eigenvalue weighted by Gasteiger charge is 2.21. The van der Waals surface area contributed by atoms with Crippen LogP contribution in [0.2, 0.25) is 5.02 Å². The second-order valence-electron chi connectivity index (χ2n) is 9.47. The van der Waals surface area contributed by atoms with E-state index in [0.717, 1.165) is 59.9 Å². The second kappa shape index (κ2) is 10.5. The van der Waals surface area contributed by atoms with Crippen molar-refractivity contribution in [3.63, 3.8) is 0 Å². The Morgan fingerprint density at radius 1 is 1.12 bits per heavy atom. The second-order valence-corrected chi connectivity index (χ2v) is 9.88. The molecule has 2 aromatic carbocycles. The first-order valence-corrected chi connectivity index (χ1v) is 12.2. The Morgan fingerprint density at radius 3 is 2.58 bits per heavy atom. The minimum atomic E-state index is -0.0796. The molecule has 1 aliphatic heterocycles. The highest BCUT2D eigenvalue weighted by Crippen LogP contribution is 2.29. The van der Waals surface area contributed by atoms with Crippen LogP contribution in [0.4, 0.5) is 11.5 Å². The van der Waals surface area contributed by atoms with Crippen molar-refractivity contribution in [3.05, 3.63) is 64.8 Å². The lowest BCUT2D eigenvalue weighted by Crippen LogP contribution is -2.40. The Bertz CT molecular complexity index is 1120. The van der Waals surface area contributed by atoms with Crippen LogP contribution in [-0.2, 0) is 0 Å². The van der Waals surface area contributed by atoms with Gasteiger partial charge in [0, 0.05) is 41.9 Å². The maximum atomic E-state index is 13.0. The largest absolute Gasteiger partial charge is 0.352 e. The third kappa shape index (κ3) is 5.84. The third-order valence-electron chi connectivity index (χ3n) is 6.36. The van der Waals surface area contributed by atoms with Crippen molar-refractivity contribution in [2.75, 3.05) is 31.5 Å². The molecule has 2 heterocycles. The molecule has 2 N–H and O–H groups in total. The van der Waals surface area contributed by atoms with Gasteiger partial charge in [-0.05, 0) is 61.2 Å². The summed E-state index contributed by atoms with van der Waals surface area (Å²) in [4.78, 5) is 20.1. The number of hydrogen-bond acceptors (Lipinski definition) is 4. The average molecular weight is 465 g/mol. The van der Waals surface area contributed by atoms with Gasteiger partial charge in [0.25, 0.3) is 5.91 Å². The molecule has 0 aliphatic carbocycles. The summed E-state index contributed by atoms with van der Waals surface area (Å²) in [6.45, 7) is 10.6. The van der Waals surface area contributed by atoms with Crippen molar-refractivity contribution in [2.45, 2.75) is 33.6 Å². The Hall–Kier alpha value is -2.63. The summed E-state index contributed by atoms with van der Waals surface area (Å²) >= 11 is 6.27. The van der Waals surface area contributed by atoms with E-state index in [1.54, 1.807) is 6.20 Å². The van der Waals surface area contributed by atoms with Gasteiger partial charge >= 0.3 is 0 Å². The lowest BCUT2D eigenvalue weighted by Gasteiger charge is -2.34. The van der Waals surface area contributed by atoms with Gasteiger partial charge in [-0.2, -0.15) is 0 Å². The van der Waals surface area contributed by atoms with Crippen LogP contribution in [0.15, 0.2) is 48.7 Å². The molecule has 6 heteroatoms. The Labute approximate surface area is 201 Å². The number of piperidine rings is 1. The number of hydrogen-bond donors (Lipinski definition) is 2. The zero-order chi connectivity index (χ0) is 23.4. The van der Waals surface area contributed by atoms with Gasteiger partial charge in [-0.25, -0.2) is 4.98 Å². The van der Waals surface area contributed by atoms with E-state index in [2.05, 4.69) is 34.4 Å². The van der Waals surface area contributed by atoms with Gasteiger partial charge in [0.05, 0.1) is 5.56 Å². The number of rotatable bonds is 7. The van der Waals surface area contributed by atoms with Crippen LogP contribution in [0.3, 0.4) is 0 Å². The van der Waals surface area contributed by atoms with Crippen molar-refractivity contribution in [1.29, 1.82) is 0 Å². The Balaban J connectivity index is 1.42. The maximum Gasteiger partial charge on any atom is 0.253 e. The molecular formula is C27H33ClN4O. The van der Waals surface area contributed by atoms with Crippen LogP contribution >= 0.6 is 11.6 Å². The van der Waals surface area contributed by atoms with E-state index in [1.165, 1.54) is 6.42 Å². The molecule has 174 valence electrons. The van der Waals surface area contributed by atoms with Gasteiger partial charge in [-0.15, -0.1) is 0 Å². The Morgan fingerprint density at radius 2 is 1.85 bits per heavy atom. The third-order valence-corrected chi connectivity index (χ3v) is 6.76. The van der Waals surface area contributed by atoms with E-state index in [0.29, 0.717) is 22.9 Å². The van der Waals surface area contributed by atoms with E-state index in [9.17, 15) is 4.79 Å². The molecule has 4 rings (SSSR count). The van der Waals surface area contributed by atoms with Crippen LogP contribution in [0.5, 0.6) is 0 Å². The fourth-order valence-electron chi connectivity index (χ4n) is 4.85. The van der Waals surface area contributed by atoms with Gasteiger partial charge in [-0.3, -0.25) is 4.79 Å². The monoisotopic (exact) mass is 464 g/mol. The van der Waals surface area contributed by atoms with Crippen molar-refractivity contribution in [3.8, 4) is 0 Å². The minimum Gasteiger partial charge on any atom is -0.352 e. The van der Waals surface area contributed by atoms with Gasteiger partial charge in [0.1, 0.15) is 5.82 Å². The topological polar surface area (TPSA) is 57.3 Å². The smallest absolute Gasteiger partial charge is 0.253 e. The van der Waals surface area contributed by atoms with E-state index in [-0.39, 0.29) is 5.91 Å². The van der Waals surface area contributed by atoms with Gasteiger partial charge in [0.15, 0.2) is 0 Å². The summed E-state index contributed by atoms with van der Waals surface area (Å²) in [5.74, 6) is 2.13. The molecule has 1 saturated heterocycles. The summed E-state index contributed by atoms with van der Waals surface area (Å²) in [6.07, 6.45) is 3.92.